The maximum atomic E-state index is 13.6. The number of benzene rings is 2. The van der Waals surface area contributed by atoms with E-state index in [1.165, 1.54) is 12.1 Å². The van der Waals surface area contributed by atoms with Crippen molar-refractivity contribution in [2.24, 2.45) is 0 Å². The largest absolute Gasteiger partial charge is 0.323 e. The van der Waals surface area contributed by atoms with Gasteiger partial charge in [0.1, 0.15) is 5.82 Å². The highest BCUT2D eigenvalue weighted by Gasteiger charge is 2.07. The molecule has 2 amide bonds. The fraction of sp³-hybridized carbons (Fsp3) is 0.0714. The molecule has 0 aliphatic carbocycles. The summed E-state index contributed by atoms with van der Waals surface area (Å²) in [6.07, 6.45) is 1.95. The molecule has 3 nitrogen and oxygen atoms in total. The van der Waals surface area contributed by atoms with Gasteiger partial charge in [0.05, 0.1) is 5.69 Å². The lowest BCUT2D eigenvalue weighted by atomic mass is 10.3. The Labute approximate surface area is 129 Å². The van der Waals surface area contributed by atoms with Crippen LogP contribution in [-0.4, -0.2) is 12.3 Å². The van der Waals surface area contributed by atoms with Gasteiger partial charge in [0.25, 0.3) is 0 Å². The third kappa shape index (κ3) is 3.98. The van der Waals surface area contributed by atoms with E-state index in [9.17, 15) is 9.18 Å². The van der Waals surface area contributed by atoms with Crippen LogP contribution < -0.4 is 10.6 Å². The SMILES string of the molecule is CSc1cccc(NC(=O)Nc2ccc(Br)cc2F)c1. The lowest BCUT2D eigenvalue weighted by Gasteiger charge is -2.09. The number of thioether (sulfide) groups is 1. The van der Waals surface area contributed by atoms with E-state index >= 15 is 0 Å². The number of hydrogen-bond acceptors (Lipinski definition) is 2. The second-order valence-electron chi connectivity index (χ2n) is 3.94. The van der Waals surface area contributed by atoms with Crippen molar-refractivity contribution < 1.29 is 9.18 Å². The zero-order valence-electron chi connectivity index (χ0n) is 10.6. The van der Waals surface area contributed by atoms with Gasteiger partial charge >= 0.3 is 6.03 Å². The minimum absolute atomic E-state index is 0.131. The normalized spacial score (nSPS) is 10.2. The molecule has 2 rings (SSSR count). The van der Waals surface area contributed by atoms with Crippen LogP contribution in [0, 0.1) is 5.82 Å². The van der Waals surface area contributed by atoms with Crippen molar-refractivity contribution in [1.29, 1.82) is 0 Å². The van der Waals surface area contributed by atoms with Gasteiger partial charge in [0.15, 0.2) is 0 Å². The zero-order chi connectivity index (χ0) is 14.5. The topological polar surface area (TPSA) is 41.1 Å². The van der Waals surface area contributed by atoms with E-state index in [1.807, 2.05) is 24.5 Å². The summed E-state index contributed by atoms with van der Waals surface area (Å²) >= 11 is 4.74. The molecule has 0 radical (unpaired) electrons. The van der Waals surface area contributed by atoms with Crippen molar-refractivity contribution in [2.45, 2.75) is 4.90 Å². The minimum atomic E-state index is -0.493. The number of anilines is 2. The molecule has 0 heterocycles. The summed E-state index contributed by atoms with van der Waals surface area (Å²) in [5.74, 6) is -0.493. The Balaban J connectivity index is 2.05. The van der Waals surface area contributed by atoms with E-state index in [-0.39, 0.29) is 5.69 Å². The van der Waals surface area contributed by atoms with Gasteiger partial charge in [0, 0.05) is 15.1 Å². The Morgan fingerprint density at radius 3 is 2.70 bits per heavy atom. The highest BCUT2D eigenvalue weighted by molar-refractivity contribution is 9.10. The van der Waals surface area contributed by atoms with Crippen LogP contribution in [0.5, 0.6) is 0 Å². The molecule has 0 aromatic heterocycles. The van der Waals surface area contributed by atoms with Gasteiger partial charge in [-0.15, -0.1) is 11.8 Å². The number of nitrogens with one attached hydrogen (secondary N) is 2. The number of rotatable bonds is 3. The Morgan fingerprint density at radius 2 is 2.00 bits per heavy atom. The second-order valence-corrected chi connectivity index (χ2v) is 5.73. The molecule has 0 fully saturated rings. The Bertz CT molecular complexity index is 636. The Kier molecular flexibility index (Phi) is 5.03. The number of halogens is 2. The molecule has 0 aliphatic heterocycles. The van der Waals surface area contributed by atoms with E-state index in [1.54, 1.807) is 23.9 Å². The van der Waals surface area contributed by atoms with Crippen LogP contribution in [0.2, 0.25) is 0 Å². The van der Waals surface area contributed by atoms with Gasteiger partial charge in [-0.3, -0.25) is 0 Å². The first-order chi connectivity index (χ1) is 9.58. The highest BCUT2D eigenvalue weighted by Crippen LogP contribution is 2.21. The Hall–Kier alpha value is -1.53. The average Bonchev–Trinajstić information content (AvgIpc) is 2.42. The number of carbonyl (C=O) groups excluding carboxylic acids is 1. The molecule has 20 heavy (non-hydrogen) atoms. The molecule has 2 aromatic rings. The fourth-order valence-electron chi connectivity index (χ4n) is 1.58. The minimum Gasteiger partial charge on any atom is -0.308 e. The quantitative estimate of drug-likeness (QED) is 0.765. The van der Waals surface area contributed by atoms with Crippen molar-refractivity contribution in [2.75, 3.05) is 16.9 Å². The molecule has 0 unspecified atom stereocenters. The fourth-order valence-corrected chi connectivity index (χ4v) is 2.37. The van der Waals surface area contributed by atoms with Gasteiger partial charge in [0.2, 0.25) is 0 Å². The monoisotopic (exact) mass is 354 g/mol. The maximum absolute atomic E-state index is 13.6. The summed E-state index contributed by atoms with van der Waals surface area (Å²) < 4.78 is 14.2. The predicted octanol–water partition coefficient (Wildman–Crippen LogP) is 4.95. The third-order valence-corrected chi connectivity index (χ3v) is 3.73. The summed E-state index contributed by atoms with van der Waals surface area (Å²) in [5, 5.41) is 5.14. The molecule has 0 atom stereocenters. The molecule has 0 spiro atoms. The van der Waals surface area contributed by atoms with Gasteiger partial charge in [-0.1, -0.05) is 22.0 Å². The van der Waals surface area contributed by atoms with E-state index in [4.69, 9.17) is 0 Å². The standard InChI is InChI=1S/C14H12BrFN2OS/c1-20-11-4-2-3-10(8-11)17-14(19)18-13-6-5-9(15)7-12(13)16/h2-8H,1H3,(H2,17,18,19). The number of amides is 2. The average molecular weight is 355 g/mol. The number of carbonyl (C=O) groups is 1. The van der Waals surface area contributed by atoms with Crippen LogP contribution in [0.1, 0.15) is 0 Å². The van der Waals surface area contributed by atoms with Crippen molar-refractivity contribution >= 4 is 45.1 Å². The van der Waals surface area contributed by atoms with E-state index in [0.29, 0.717) is 10.2 Å². The highest BCUT2D eigenvalue weighted by atomic mass is 79.9. The van der Waals surface area contributed by atoms with Crippen LogP contribution in [0.15, 0.2) is 51.8 Å². The lowest BCUT2D eigenvalue weighted by molar-refractivity contribution is 0.262. The molecule has 0 saturated heterocycles. The molecule has 2 N–H and O–H groups in total. The Morgan fingerprint density at radius 1 is 1.20 bits per heavy atom. The molecule has 0 aliphatic rings. The molecule has 0 saturated carbocycles. The summed E-state index contributed by atoms with van der Waals surface area (Å²) in [6.45, 7) is 0. The van der Waals surface area contributed by atoms with Crippen LogP contribution >= 0.6 is 27.7 Å². The first-order valence-corrected chi connectivity index (χ1v) is 7.77. The van der Waals surface area contributed by atoms with E-state index in [0.717, 1.165) is 4.90 Å². The summed E-state index contributed by atoms with van der Waals surface area (Å²) in [4.78, 5) is 12.9. The first-order valence-electron chi connectivity index (χ1n) is 5.75. The lowest BCUT2D eigenvalue weighted by Crippen LogP contribution is -2.20. The number of urea groups is 1. The molecule has 104 valence electrons. The molecular weight excluding hydrogens is 343 g/mol. The van der Waals surface area contributed by atoms with E-state index < -0.39 is 11.8 Å². The molecule has 0 bridgehead atoms. The van der Waals surface area contributed by atoms with Gasteiger partial charge in [-0.2, -0.15) is 0 Å². The second kappa shape index (κ2) is 6.76. The third-order valence-electron chi connectivity index (χ3n) is 2.51. The predicted molar refractivity (Wildman–Crippen MR) is 85.0 cm³/mol. The van der Waals surface area contributed by atoms with Crippen molar-refractivity contribution in [3.05, 3.63) is 52.8 Å². The van der Waals surface area contributed by atoms with Gasteiger partial charge in [-0.25, -0.2) is 9.18 Å². The molecule has 6 heteroatoms. The van der Waals surface area contributed by atoms with Crippen LogP contribution in [0.4, 0.5) is 20.6 Å². The van der Waals surface area contributed by atoms with Gasteiger partial charge < -0.3 is 10.6 Å². The molecule has 2 aromatic carbocycles. The first kappa shape index (κ1) is 14.9. The van der Waals surface area contributed by atoms with Crippen LogP contribution in [-0.2, 0) is 0 Å². The summed E-state index contributed by atoms with van der Waals surface area (Å²) in [6, 6.07) is 11.4. The zero-order valence-corrected chi connectivity index (χ0v) is 13.0. The summed E-state index contributed by atoms with van der Waals surface area (Å²) in [7, 11) is 0. The van der Waals surface area contributed by atoms with E-state index in [2.05, 4.69) is 26.6 Å². The van der Waals surface area contributed by atoms with Crippen LogP contribution in [0.3, 0.4) is 0 Å². The van der Waals surface area contributed by atoms with Crippen LogP contribution in [0.25, 0.3) is 0 Å². The van der Waals surface area contributed by atoms with Gasteiger partial charge in [-0.05, 0) is 42.7 Å². The molecular formula is C14H12BrFN2OS. The number of hydrogen-bond donors (Lipinski definition) is 2. The smallest absolute Gasteiger partial charge is 0.308 e. The van der Waals surface area contributed by atoms with Crippen molar-refractivity contribution in [3.8, 4) is 0 Å². The summed E-state index contributed by atoms with van der Waals surface area (Å²) in [5.41, 5.74) is 0.790. The maximum Gasteiger partial charge on any atom is 0.323 e. The van der Waals surface area contributed by atoms with Crippen molar-refractivity contribution in [1.82, 2.24) is 0 Å². The van der Waals surface area contributed by atoms with Crippen molar-refractivity contribution in [3.63, 3.8) is 0 Å².